The zero-order chi connectivity index (χ0) is 52.3. The molecule has 0 unspecified atom stereocenters. The van der Waals surface area contributed by atoms with Gasteiger partial charge in [0.25, 0.3) is 0 Å². The molecule has 4 fully saturated rings. The van der Waals surface area contributed by atoms with Gasteiger partial charge in [-0.1, -0.05) is 10.4 Å². The number of amides is 2. The maximum absolute atomic E-state index is 12.7. The highest BCUT2D eigenvalue weighted by Crippen LogP contribution is 2.35. The molecule has 7 rings (SSSR count). The van der Waals surface area contributed by atoms with Crippen LogP contribution in [0.3, 0.4) is 0 Å². The minimum atomic E-state index is -1.75. The van der Waals surface area contributed by atoms with E-state index in [1.807, 2.05) is 0 Å². The second-order valence-electron chi connectivity index (χ2n) is 17.6. The molecule has 0 spiro atoms. The van der Waals surface area contributed by atoms with Crippen LogP contribution < -0.4 is 20.1 Å². The van der Waals surface area contributed by atoms with E-state index in [-0.39, 0.29) is 41.7 Å². The van der Waals surface area contributed by atoms with Crippen molar-refractivity contribution in [3.8, 4) is 11.5 Å². The SMILES string of the molecule is COC(=O)c1cc(OCc2cn([C@@H]3O[C@H](CO)[C@@H](O[C@@H]4O[C@@H](C)[C@@H](O)[C@@H](O)[C@@H]4O)[C@H](O)[C@H]3NC(C)=O)nn2)cc(OCc2cn([C@@H]3O[C@H](CO)[C@@H](O[C@@H]4O[C@@H](C)[C@@H](O)[C@@H](O)[C@@H]4O)[C@H](O)[C@H]3NC(C)=O)nn2)c1. The molecule has 6 heterocycles. The number of hydrogen-bond donors (Lipinski definition) is 12. The van der Waals surface area contributed by atoms with Crippen LogP contribution in [0.2, 0.25) is 0 Å². The van der Waals surface area contributed by atoms with Gasteiger partial charge in [-0.2, -0.15) is 0 Å². The Balaban J connectivity index is 1.02. The largest absolute Gasteiger partial charge is 0.487 e. The number of hydrogen-bond acceptors (Lipinski definition) is 26. The Morgan fingerprint density at radius 1 is 0.597 bits per heavy atom. The van der Waals surface area contributed by atoms with Crippen molar-refractivity contribution >= 4 is 17.8 Å². The van der Waals surface area contributed by atoms with Crippen LogP contribution in [0.1, 0.15) is 61.9 Å². The number of nitrogens with zero attached hydrogens (tertiary/aromatic N) is 6. The summed E-state index contributed by atoms with van der Waals surface area (Å²) in [4.78, 5) is 37.4. The Morgan fingerprint density at radius 3 is 1.36 bits per heavy atom. The topological polar surface area (TPSA) is 422 Å². The third-order valence-corrected chi connectivity index (χ3v) is 12.4. The lowest BCUT2D eigenvalue weighted by atomic mass is 9.94. The molecule has 1 aromatic carbocycles. The van der Waals surface area contributed by atoms with Crippen LogP contribution in [-0.4, -0.2) is 229 Å². The van der Waals surface area contributed by atoms with Crippen molar-refractivity contribution in [3.05, 3.63) is 47.5 Å². The van der Waals surface area contributed by atoms with Gasteiger partial charge in [0.05, 0.1) is 50.5 Å². The van der Waals surface area contributed by atoms with Crippen molar-refractivity contribution in [2.24, 2.45) is 0 Å². The van der Waals surface area contributed by atoms with Gasteiger partial charge in [0.1, 0.15) is 121 Å². The average molecular weight is 1030 g/mol. The highest BCUT2D eigenvalue weighted by atomic mass is 16.7. The monoisotopic (exact) mass is 1030 g/mol. The molecule has 72 heavy (non-hydrogen) atoms. The van der Waals surface area contributed by atoms with Gasteiger partial charge in [0.15, 0.2) is 25.0 Å². The normalized spacial score (nSPS) is 37.1. The first kappa shape index (κ1) is 54.6. The zero-order valence-corrected chi connectivity index (χ0v) is 39.3. The van der Waals surface area contributed by atoms with E-state index in [4.69, 9.17) is 42.6 Å². The van der Waals surface area contributed by atoms with Crippen LogP contribution in [-0.2, 0) is 56.0 Å². The van der Waals surface area contributed by atoms with Crippen LogP contribution in [0.5, 0.6) is 11.5 Å². The van der Waals surface area contributed by atoms with Crippen LogP contribution in [0.4, 0.5) is 0 Å². The van der Waals surface area contributed by atoms with Crippen molar-refractivity contribution < 1.29 is 108 Å². The highest BCUT2D eigenvalue weighted by molar-refractivity contribution is 5.90. The Hall–Kier alpha value is -5.13. The molecule has 2 aromatic heterocycles. The van der Waals surface area contributed by atoms with E-state index in [0.717, 1.165) is 9.36 Å². The van der Waals surface area contributed by atoms with Gasteiger partial charge in [-0.05, 0) is 26.0 Å². The molecule has 4 saturated heterocycles. The van der Waals surface area contributed by atoms with E-state index in [1.54, 1.807) is 0 Å². The molecule has 2 amide bonds. The molecule has 20 atom stereocenters. The second-order valence-corrected chi connectivity index (χ2v) is 17.6. The number of carbonyl (C=O) groups is 3. The number of esters is 1. The van der Waals surface area contributed by atoms with Gasteiger partial charge in [0, 0.05) is 19.9 Å². The number of rotatable bonds is 17. The first-order valence-electron chi connectivity index (χ1n) is 22.7. The molecule has 30 nitrogen and oxygen atoms in total. The summed E-state index contributed by atoms with van der Waals surface area (Å²) in [7, 11) is 1.17. The molecule has 400 valence electrons. The number of aromatic nitrogens is 6. The Morgan fingerprint density at radius 2 is 1.00 bits per heavy atom. The van der Waals surface area contributed by atoms with Gasteiger partial charge >= 0.3 is 5.97 Å². The van der Waals surface area contributed by atoms with Gasteiger partial charge < -0.3 is 104 Å². The summed E-state index contributed by atoms with van der Waals surface area (Å²) in [5, 5.41) is 127. The smallest absolute Gasteiger partial charge is 0.338 e. The third kappa shape index (κ3) is 11.9. The Kier molecular flexibility index (Phi) is 17.7. The van der Waals surface area contributed by atoms with E-state index in [1.165, 1.54) is 65.4 Å². The molecule has 0 radical (unpaired) electrons. The summed E-state index contributed by atoms with van der Waals surface area (Å²) in [5.74, 6) is -1.76. The first-order valence-corrected chi connectivity index (χ1v) is 22.7. The van der Waals surface area contributed by atoms with Gasteiger partial charge in [-0.15, -0.1) is 10.2 Å². The number of benzene rings is 1. The van der Waals surface area contributed by atoms with Crippen molar-refractivity contribution in [2.45, 2.75) is 163 Å². The lowest BCUT2D eigenvalue weighted by Crippen LogP contribution is -2.65. The molecule has 0 saturated carbocycles. The summed E-state index contributed by atoms with van der Waals surface area (Å²) >= 11 is 0. The summed E-state index contributed by atoms with van der Waals surface area (Å²) in [5.41, 5.74) is 0.371. The van der Waals surface area contributed by atoms with Gasteiger partial charge in [-0.3, -0.25) is 9.59 Å². The van der Waals surface area contributed by atoms with E-state index >= 15 is 0 Å². The van der Waals surface area contributed by atoms with Crippen molar-refractivity contribution in [2.75, 3.05) is 20.3 Å². The van der Waals surface area contributed by atoms with E-state index < -0.39 is 154 Å². The summed E-state index contributed by atoms with van der Waals surface area (Å²) in [6.45, 7) is 3.21. The number of carbonyl (C=O) groups excluding carboxylic acids is 3. The van der Waals surface area contributed by atoms with E-state index in [2.05, 4.69) is 31.3 Å². The fraction of sp³-hybridized carbons (Fsp3) is 0.690. The quantitative estimate of drug-likeness (QED) is 0.0560. The first-order chi connectivity index (χ1) is 34.2. The van der Waals surface area contributed by atoms with Crippen LogP contribution in [0.15, 0.2) is 30.6 Å². The highest BCUT2D eigenvalue weighted by Gasteiger charge is 2.53. The van der Waals surface area contributed by atoms with Crippen LogP contribution >= 0.6 is 0 Å². The number of nitrogens with one attached hydrogen (secondary N) is 2. The summed E-state index contributed by atoms with van der Waals surface area (Å²) in [6, 6.07) is 1.57. The van der Waals surface area contributed by atoms with Gasteiger partial charge in [-0.25, -0.2) is 14.2 Å². The number of ether oxygens (including phenoxy) is 9. The molecular formula is C42H60N8O22. The van der Waals surface area contributed by atoms with Crippen molar-refractivity contribution in [1.82, 2.24) is 40.6 Å². The molecule has 30 heteroatoms. The number of aliphatic hydroxyl groups is 10. The van der Waals surface area contributed by atoms with Crippen molar-refractivity contribution in [3.63, 3.8) is 0 Å². The number of aliphatic hydroxyl groups excluding tert-OH is 10. The predicted octanol–water partition coefficient (Wildman–Crippen LogP) is -6.25. The minimum Gasteiger partial charge on any atom is -0.487 e. The fourth-order valence-corrected chi connectivity index (χ4v) is 8.59. The lowest BCUT2D eigenvalue weighted by molar-refractivity contribution is -0.335. The Labute approximate surface area is 408 Å². The average Bonchev–Trinajstić information content (AvgIpc) is 4.04. The second kappa shape index (κ2) is 23.4. The van der Waals surface area contributed by atoms with Crippen LogP contribution in [0.25, 0.3) is 0 Å². The minimum absolute atomic E-state index is 0.0130. The molecule has 4 aliphatic rings. The molecule has 3 aromatic rings. The standard InChI is InChI=1S/C42H60N8O22/c1-15-28(55)32(59)34(61)41(67-15)71-36-24(11-51)69-38(26(30(36)57)43-17(3)53)49-9-20(45-47-49)13-65-22-6-19(40(63)64-5)7-23(8-22)66-14-21-10-50(48-46-21)39-27(44-18(4)54)31(58)37(25(12-52)70-39)72-42-35(62)33(60)29(56)16(2)68-42/h6-10,15-16,24-39,41-42,51-52,55-62H,11-14H2,1-5H3,(H,43,53)(H,44,54)/t15-,16-,24+,25+,26+,27+,28+,29+,30+,31+,32+,33+,34-,35-,36+,37+,38+,39+,41-,42-/m0/s1. The van der Waals surface area contributed by atoms with Crippen LogP contribution in [0, 0.1) is 0 Å². The third-order valence-electron chi connectivity index (χ3n) is 12.4. The Bertz CT molecular complexity index is 2170. The maximum atomic E-state index is 12.7. The predicted molar refractivity (Wildman–Crippen MR) is 230 cm³/mol. The molecular weight excluding hydrogens is 968 g/mol. The van der Waals surface area contributed by atoms with E-state index in [9.17, 15) is 65.4 Å². The maximum Gasteiger partial charge on any atom is 0.338 e. The summed E-state index contributed by atoms with van der Waals surface area (Å²) < 4.78 is 53.9. The molecule has 0 bridgehead atoms. The van der Waals surface area contributed by atoms with E-state index in [0.29, 0.717) is 0 Å². The number of methoxy groups -OCH3 is 1. The molecule has 0 aliphatic carbocycles. The summed E-state index contributed by atoms with van der Waals surface area (Å²) in [6.07, 6.45) is -23.4. The molecule has 12 N–H and O–H groups in total. The molecule has 4 aliphatic heterocycles. The lowest BCUT2D eigenvalue weighted by Gasteiger charge is -2.47. The zero-order valence-electron chi connectivity index (χ0n) is 39.3. The fourth-order valence-electron chi connectivity index (χ4n) is 8.59. The van der Waals surface area contributed by atoms with Crippen molar-refractivity contribution in [1.29, 1.82) is 0 Å². The van der Waals surface area contributed by atoms with Gasteiger partial charge in [0.2, 0.25) is 11.8 Å².